The van der Waals surface area contributed by atoms with Crippen LogP contribution in [0.25, 0.3) is 11.0 Å². The van der Waals surface area contributed by atoms with Crippen LogP contribution in [-0.4, -0.2) is 29.1 Å². The fraction of sp³-hybridized carbons (Fsp3) is 0.200. The maximum atomic E-state index is 10.4. The van der Waals surface area contributed by atoms with Crippen molar-refractivity contribution in [1.82, 2.24) is 15.3 Å². The van der Waals surface area contributed by atoms with Gasteiger partial charge in [-0.15, -0.1) is 0 Å². The van der Waals surface area contributed by atoms with Crippen molar-refractivity contribution in [3.05, 3.63) is 24.3 Å². The zero-order chi connectivity index (χ0) is 11.4. The molecule has 0 unspecified atom stereocenters. The summed E-state index contributed by atoms with van der Waals surface area (Å²) < 4.78 is 0. The smallest absolute Gasteiger partial charge is 0.312 e. The maximum Gasteiger partial charge on any atom is 0.312 e. The molecule has 2 amide bonds. The number of hydrogen-bond donors (Lipinski definition) is 4. The molecular formula is C10H13N5O. The molecule has 2 aromatic rings. The molecule has 2 rings (SSSR count). The van der Waals surface area contributed by atoms with E-state index in [9.17, 15) is 4.79 Å². The van der Waals surface area contributed by atoms with Crippen molar-refractivity contribution < 1.29 is 4.79 Å². The highest BCUT2D eigenvalue weighted by molar-refractivity contribution is 5.77. The number of rotatable bonds is 4. The molecule has 0 aliphatic heterocycles. The van der Waals surface area contributed by atoms with Crippen LogP contribution in [0.5, 0.6) is 0 Å². The summed E-state index contributed by atoms with van der Waals surface area (Å²) in [6.07, 6.45) is 0. The zero-order valence-electron chi connectivity index (χ0n) is 8.66. The Hall–Kier alpha value is -2.24. The van der Waals surface area contributed by atoms with Crippen LogP contribution in [-0.2, 0) is 0 Å². The number of anilines is 1. The second-order valence-corrected chi connectivity index (χ2v) is 3.32. The van der Waals surface area contributed by atoms with Gasteiger partial charge in [-0.2, -0.15) is 0 Å². The Morgan fingerprint density at radius 3 is 2.94 bits per heavy atom. The van der Waals surface area contributed by atoms with E-state index in [0.717, 1.165) is 11.0 Å². The lowest BCUT2D eigenvalue weighted by atomic mass is 10.3. The van der Waals surface area contributed by atoms with Crippen LogP contribution in [0.1, 0.15) is 0 Å². The molecule has 0 spiro atoms. The highest BCUT2D eigenvalue weighted by atomic mass is 16.2. The Morgan fingerprint density at radius 1 is 1.38 bits per heavy atom. The van der Waals surface area contributed by atoms with Crippen LogP contribution < -0.4 is 16.4 Å². The number of nitrogens with zero attached hydrogens (tertiary/aromatic N) is 1. The van der Waals surface area contributed by atoms with Crippen molar-refractivity contribution in [1.29, 1.82) is 0 Å². The third-order valence-corrected chi connectivity index (χ3v) is 2.11. The lowest BCUT2D eigenvalue weighted by Gasteiger charge is -2.02. The first kappa shape index (κ1) is 10.3. The number of primary amides is 1. The van der Waals surface area contributed by atoms with E-state index in [2.05, 4.69) is 20.6 Å². The molecule has 0 aliphatic rings. The summed E-state index contributed by atoms with van der Waals surface area (Å²) in [5.74, 6) is 0.687. The van der Waals surface area contributed by atoms with Crippen molar-refractivity contribution in [3.8, 4) is 0 Å². The first-order chi connectivity index (χ1) is 7.75. The van der Waals surface area contributed by atoms with E-state index in [1.54, 1.807) is 0 Å². The number of amides is 2. The van der Waals surface area contributed by atoms with Gasteiger partial charge in [-0.1, -0.05) is 12.1 Å². The van der Waals surface area contributed by atoms with Crippen LogP contribution in [0.3, 0.4) is 0 Å². The first-order valence-electron chi connectivity index (χ1n) is 4.97. The SMILES string of the molecule is NC(=O)NCCNc1nc2ccccc2[nH]1. The van der Waals surface area contributed by atoms with Crippen LogP contribution in [0.15, 0.2) is 24.3 Å². The number of para-hydroxylation sites is 2. The summed E-state index contributed by atoms with van der Waals surface area (Å²) in [5, 5.41) is 5.54. The van der Waals surface area contributed by atoms with Crippen LogP contribution in [0.2, 0.25) is 0 Å². The molecule has 1 aromatic heterocycles. The number of aromatic amines is 1. The summed E-state index contributed by atoms with van der Waals surface area (Å²) in [5.41, 5.74) is 6.82. The van der Waals surface area contributed by atoms with Gasteiger partial charge in [-0.25, -0.2) is 9.78 Å². The van der Waals surface area contributed by atoms with Crippen molar-refractivity contribution in [3.63, 3.8) is 0 Å². The maximum absolute atomic E-state index is 10.4. The monoisotopic (exact) mass is 219 g/mol. The summed E-state index contributed by atoms with van der Waals surface area (Å²) in [6.45, 7) is 1.04. The van der Waals surface area contributed by atoms with Crippen molar-refractivity contribution in [2.75, 3.05) is 18.4 Å². The van der Waals surface area contributed by atoms with E-state index in [1.807, 2.05) is 24.3 Å². The van der Waals surface area contributed by atoms with Crippen molar-refractivity contribution in [2.24, 2.45) is 5.73 Å². The Bertz CT molecular complexity index is 460. The number of urea groups is 1. The Kier molecular flexibility index (Phi) is 2.90. The van der Waals surface area contributed by atoms with Gasteiger partial charge in [-0.05, 0) is 12.1 Å². The number of H-pyrrole nitrogens is 1. The number of imidazole rings is 1. The lowest BCUT2D eigenvalue weighted by Crippen LogP contribution is -2.33. The number of carbonyl (C=O) groups is 1. The number of hydrogen-bond acceptors (Lipinski definition) is 3. The number of nitrogens with two attached hydrogens (primary N) is 1. The summed E-state index contributed by atoms with van der Waals surface area (Å²) in [4.78, 5) is 17.8. The van der Waals surface area contributed by atoms with Gasteiger partial charge in [0.2, 0.25) is 5.95 Å². The highest BCUT2D eigenvalue weighted by Gasteiger charge is 2.00. The quantitative estimate of drug-likeness (QED) is 0.568. The molecule has 0 fully saturated rings. The third-order valence-electron chi connectivity index (χ3n) is 2.11. The molecule has 1 aromatic carbocycles. The van der Waals surface area contributed by atoms with Gasteiger partial charge >= 0.3 is 6.03 Å². The minimum atomic E-state index is -0.522. The van der Waals surface area contributed by atoms with Gasteiger partial charge in [0.1, 0.15) is 0 Å². The van der Waals surface area contributed by atoms with E-state index < -0.39 is 6.03 Å². The van der Waals surface area contributed by atoms with Crippen LogP contribution >= 0.6 is 0 Å². The molecule has 84 valence electrons. The third kappa shape index (κ3) is 2.41. The van der Waals surface area contributed by atoms with Crippen molar-refractivity contribution >= 4 is 23.0 Å². The standard InChI is InChI=1S/C10H13N5O/c11-9(16)12-5-6-13-10-14-7-3-1-2-4-8(7)15-10/h1-4H,5-6H2,(H3,11,12,16)(H2,13,14,15). The molecule has 0 saturated heterocycles. The van der Waals surface area contributed by atoms with E-state index >= 15 is 0 Å². The molecule has 16 heavy (non-hydrogen) atoms. The molecule has 5 N–H and O–H groups in total. The molecule has 0 bridgehead atoms. The molecular weight excluding hydrogens is 206 g/mol. The Labute approximate surface area is 92.2 Å². The number of carbonyl (C=O) groups excluding carboxylic acids is 1. The average molecular weight is 219 g/mol. The van der Waals surface area contributed by atoms with Crippen LogP contribution in [0.4, 0.5) is 10.7 Å². The molecule has 0 atom stereocenters. The highest BCUT2D eigenvalue weighted by Crippen LogP contribution is 2.12. The summed E-state index contributed by atoms with van der Waals surface area (Å²) >= 11 is 0. The average Bonchev–Trinajstić information content (AvgIpc) is 2.66. The molecule has 6 heteroatoms. The fourth-order valence-electron chi connectivity index (χ4n) is 1.40. The molecule has 1 heterocycles. The fourth-order valence-corrected chi connectivity index (χ4v) is 1.40. The second kappa shape index (κ2) is 4.52. The Morgan fingerprint density at radius 2 is 2.19 bits per heavy atom. The topological polar surface area (TPSA) is 95.8 Å². The molecule has 0 radical (unpaired) electrons. The largest absolute Gasteiger partial charge is 0.354 e. The minimum Gasteiger partial charge on any atom is -0.354 e. The molecule has 0 aliphatic carbocycles. The number of fused-ring (bicyclic) bond motifs is 1. The van der Waals surface area contributed by atoms with Crippen molar-refractivity contribution in [2.45, 2.75) is 0 Å². The van der Waals surface area contributed by atoms with Gasteiger partial charge in [0.05, 0.1) is 11.0 Å². The normalized spacial score (nSPS) is 10.2. The van der Waals surface area contributed by atoms with Gasteiger partial charge in [0, 0.05) is 13.1 Å². The molecule has 6 nitrogen and oxygen atoms in total. The first-order valence-corrected chi connectivity index (χ1v) is 4.97. The summed E-state index contributed by atoms with van der Waals surface area (Å²) in [7, 11) is 0. The minimum absolute atomic E-state index is 0.465. The van der Waals surface area contributed by atoms with Gasteiger partial charge < -0.3 is 21.4 Å². The predicted octanol–water partition coefficient (Wildman–Crippen LogP) is 0.643. The number of aromatic nitrogens is 2. The predicted molar refractivity (Wildman–Crippen MR) is 62.2 cm³/mol. The number of nitrogens with one attached hydrogen (secondary N) is 3. The number of benzene rings is 1. The van der Waals surface area contributed by atoms with Gasteiger partial charge in [0.25, 0.3) is 0 Å². The summed E-state index contributed by atoms with van der Waals surface area (Å²) in [6, 6.07) is 7.24. The van der Waals surface area contributed by atoms with E-state index in [-0.39, 0.29) is 0 Å². The van der Waals surface area contributed by atoms with E-state index in [1.165, 1.54) is 0 Å². The second-order valence-electron chi connectivity index (χ2n) is 3.32. The van der Waals surface area contributed by atoms with Gasteiger partial charge in [-0.3, -0.25) is 0 Å². The van der Waals surface area contributed by atoms with Gasteiger partial charge in [0.15, 0.2) is 0 Å². The zero-order valence-corrected chi connectivity index (χ0v) is 8.66. The van der Waals surface area contributed by atoms with Crippen LogP contribution in [0, 0.1) is 0 Å². The molecule has 0 saturated carbocycles. The Balaban J connectivity index is 1.92. The lowest BCUT2D eigenvalue weighted by molar-refractivity contribution is 0.249. The van der Waals surface area contributed by atoms with E-state index in [4.69, 9.17) is 5.73 Å². The van der Waals surface area contributed by atoms with E-state index in [0.29, 0.717) is 19.0 Å².